The highest BCUT2D eigenvalue weighted by molar-refractivity contribution is 7.09. The van der Waals surface area contributed by atoms with Gasteiger partial charge in [-0.3, -0.25) is 4.98 Å². The molecule has 2 aromatic rings. The fourth-order valence-corrected chi connectivity index (χ4v) is 2.24. The van der Waals surface area contributed by atoms with E-state index in [1.54, 1.807) is 23.7 Å². The number of aromatic nitrogens is 2. The lowest BCUT2D eigenvalue weighted by molar-refractivity contribution is 0.237. The number of carbonyl (C=O) groups excluding carboxylic acids is 1. The topological polar surface area (TPSA) is 66.9 Å². The maximum atomic E-state index is 11.7. The van der Waals surface area contributed by atoms with Crippen LogP contribution >= 0.6 is 11.3 Å². The Morgan fingerprint density at radius 1 is 1.53 bits per heavy atom. The summed E-state index contributed by atoms with van der Waals surface area (Å²) >= 11 is 1.58. The molecule has 2 rings (SSSR count). The van der Waals surface area contributed by atoms with E-state index in [4.69, 9.17) is 0 Å². The Kier molecular flexibility index (Phi) is 4.46. The molecule has 5 nitrogen and oxygen atoms in total. The molecule has 0 saturated carbocycles. The molecule has 0 bridgehead atoms. The van der Waals surface area contributed by atoms with Crippen LogP contribution in [0.4, 0.5) is 4.79 Å². The Balaban J connectivity index is 1.81. The minimum absolute atomic E-state index is 0.0779. The number of pyridine rings is 1. The molecular formula is C13H16N4OS. The van der Waals surface area contributed by atoms with Crippen LogP contribution in [0.15, 0.2) is 29.9 Å². The van der Waals surface area contributed by atoms with Crippen LogP contribution in [0.2, 0.25) is 0 Å². The molecule has 0 saturated heterocycles. The normalized spacial score (nSPS) is 11.9. The molecule has 1 atom stereocenters. The predicted molar refractivity (Wildman–Crippen MR) is 74.9 cm³/mol. The molecule has 100 valence electrons. The number of hydrogen-bond donors (Lipinski definition) is 2. The summed E-state index contributed by atoms with van der Waals surface area (Å²) in [4.78, 5) is 20.1. The van der Waals surface area contributed by atoms with E-state index in [1.807, 2.05) is 31.4 Å². The van der Waals surface area contributed by atoms with Crippen LogP contribution in [0, 0.1) is 6.92 Å². The van der Waals surface area contributed by atoms with Crippen LogP contribution in [0.5, 0.6) is 0 Å². The summed E-state index contributed by atoms with van der Waals surface area (Å²) in [7, 11) is 0. The molecule has 0 fully saturated rings. The summed E-state index contributed by atoms with van der Waals surface area (Å²) < 4.78 is 0. The number of carbonyl (C=O) groups is 1. The summed E-state index contributed by atoms with van der Waals surface area (Å²) in [6.07, 6.45) is 3.45. The Labute approximate surface area is 116 Å². The van der Waals surface area contributed by atoms with Gasteiger partial charge < -0.3 is 10.6 Å². The number of aryl methyl sites for hydroxylation is 1. The second kappa shape index (κ2) is 6.29. The second-order valence-electron chi connectivity index (χ2n) is 4.19. The Hall–Kier alpha value is -1.95. The van der Waals surface area contributed by atoms with Crippen molar-refractivity contribution in [3.05, 3.63) is 46.2 Å². The molecule has 19 heavy (non-hydrogen) atoms. The van der Waals surface area contributed by atoms with Crippen molar-refractivity contribution in [3.63, 3.8) is 0 Å². The highest BCUT2D eigenvalue weighted by Crippen LogP contribution is 2.10. The first kappa shape index (κ1) is 13.5. The SMILES string of the molecule is Cc1nc(CNC(=O)N[C@@H](C)c2cccnc2)cs1. The summed E-state index contributed by atoms with van der Waals surface area (Å²) in [5.41, 5.74) is 1.86. The molecule has 2 heterocycles. The van der Waals surface area contributed by atoms with E-state index in [0.29, 0.717) is 6.54 Å². The number of rotatable bonds is 4. The lowest BCUT2D eigenvalue weighted by Crippen LogP contribution is -2.36. The van der Waals surface area contributed by atoms with Crippen LogP contribution in [0.25, 0.3) is 0 Å². The van der Waals surface area contributed by atoms with Gasteiger partial charge in [0.05, 0.1) is 23.3 Å². The number of nitrogens with zero attached hydrogens (tertiary/aromatic N) is 2. The van der Waals surface area contributed by atoms with Gasteiger partial charge in [0.1, 0.15) is 0 Å². The van der Waals surface area contributed by atoms with Crippen LogP contribution in [0.1, 0.15) is 29.2 Å². The Bertz CT molecular complexity index is 541. The van der Waals surface area contributed by atoms with E-state index < -0.39 is 0 Å². The summed E-state index contributed by atoms with van der Waals surface area (Å²) in [5, 5.41) is 8.59. The predicted octanol–water partition coefficient (Wildman–Crippen LogP) is 2.41. The van der Waals surface area contributed by atoms with E-state index in [2.05, 4.69) is 20.6 Å². The monoisotopic (exact) mass is 276 g/mol. The van der Waals surface area contributed by atoms with Crippen LogP contribution < -0.4 is 10.6 Å². The number of urea groups is 1. The van der Waals surface area contributed by atoms with Gasteiger partial charge in [-0.05, 0) is 25.5 Å². The Morgan fingerprint density at radius 2 is 2.37 bits per heavy atom. The molecule has 0 aliphatic carbocycles. The van der Waals surface area contributed by atoms with E-state index in [-0.39, 0.29) is 12.1 Å². The first-order valence-corrected chi connectivity index (χ1v) is 6.88. The quantitative estimate of drug-likeness (QED) is 0.901. The Morgan fingerprint density at radius 3 is 3.00 bits per heavy atom. The second-order valence-corrected chi connectivity index (χ2v) is 5.26. The van der Waals surface area contributed by atoms with Gasteiger partial charge in [-0.1, -0.05) is 6.07 Å². The van der Waals surface area contributed by atoms with Gasteiger partial charge in [-0.2, -0.15) is 0 Å². The smallest absolute Gasteiger partial charge is 0.315 e. The standard InChI is InChI=1S/C13H16N4OS/c1-9(11-4-3-5-14-6-11)16-13(18)15-7-12-8-19-10(2)17-12/h3-6,8-9H,7H2,1-2H3,(H2,15,16,18)/t9-/m0/s1. The van der Waals surface area contributed by atoms with Gasteiger partial charge in [0.2, 0.25) is 0 Å². The molecule has 0 aromatic carbocycles. The van der Waals surface area contributed by atoms with E-state index in [1.165, 1.54) is 0 Å². The molecule has 2 amide bonds. The number of amides is 2. The van der Waals surface area contributed by atoms with Gasteiger partial charge in [0.15, 0.2) is 0 Å². The molecule has 2 aromatic heterocycles. The first-order chi connectivity index (χ1) is 9.15. The molecule has 2 N–H and O–H groups in total. The molecule has 0 unspecified atom stereocenters. The van der Waals surface area contributed by atoms with Gasteiger partial charge >= 0.3 is 6.03 Å². The molecule has 0 radical (unpaired) electrons. The summed E-state index contributed by atoms with van der Waals surface area (Å²) in [5.74, 6) is 0. The van der Waals surface area contributed by atoms with Crippen molar-refractivity contribution >= 4 is 17.4 Å². The lowest BCUT2D eigenvalue weighted by Gasteiger charge is -2.14. The van der Waals surface area contributed by atoms with Gasteiger partial charge in [0.25, 0.3) is 0 Å². The third kappa shape index (κ3) is 4.03. The van der Waals surface area contributed by atoms with Crippen molar-refractivity contribution in [1.29, 1.82) is 0 Å². The molecule has 6 heteroatoms. The van der Waals surface area contributed by atoms with E-state index in [0.717, 1.165) is 16.3 Å². The third-order valence-corrected chi connectivity index (χ3v) is 3.45. The van der Waals surface area contributed by atoms with Gasteiger partial charge in [-0.25, -0.2) is 9.78 Å². The first-order valence-electron chi connectivity index (χ1n) is 6.00. The zero-order chi connectivity index (χ0) is 13.7. The van der Waals surface area contributed by atoms with Crippen LogP contribution in [0.3, 0.4) is 0 Å². The fourth-order valence-electron chi connectivity index (χ4n) is 1.62. The van der Waals surface area contributed by atoms with Crippen molar-refractivity contribution < 1.29 is 4.79 Å². The van der Waals surface area contributed by atoms with E-state index in [9.17, 15) is 4.79 Å². The zero-order valence-electron chi connectivity index (χ0n) is 10.9. The molecule has 0 aliphatic heterocycles. The average molecular weight is 276 g/mol. The van der Waals surface area contributed by atoms with Crippen molar-refractivity contribution in [1.82, 2.24) is 20.6 Å². The number of nitrogens with one attached hydrogen (secondary N) is 2. The van der Waals surface area contributed by atoms with E-state index >= 15 is 0 Å². The van der Waals surface area contributed by atoms with Crippen molar-refractivity contribution in [2.75, 3.05) is 0 Å². The van der Waals surface area contributed by atoms with Gasteiger partial charge in [-0.15, -0.1) is 11.3 Å². The zero-order valence-corrected chi connectivity index (χ0v) is 11.7. The average Bonchev–Trinajstić information content (AvgIpc) is 2.83. The van der Waals surface area contributed by atoms with Crippen molar-refractivity contribution in [2.45, 2.75) is 26.4 Å². The maximum Gasteiger partial charge on any atom is 0.315 e. The summed E-state index contributed by atoms with van der Waals surface area (Å²) in [6, 6.07) is 3.50. The number of thiazole rings is 1. The van der Waals surface area contributed by atoms with Gasteiger partial charge in [0, 0.05) is 17.8 Å². The van der Waals surface area contributed by atoms with Crippen LogP contribution in [-0.4, -0.2) is 16.0 Å². The minimum atomic E-state index is -0.206. The summed E-state index contributed by atoms with van der Waals surface area (Å²) in [6.45, 7) is 4.30. The fraction of sp³-hybridized carbons (Fsp3) is 0.308. The third-order valence-electron chi connectivity index (χ3n) is 2.63. The highest BCUT2D eigenvalue weighted by Gasteiger charge is 2.09. The maximum absolute atomic E-state index is 11.7. The minimum Gasteiger partial charge on any atom is -0.332 e. The largest absolute Gasteiger partial charge is 0.332 e. The highest BCUT2D eigenvalue weighted by atomic mass is 32.1. The van der Waals surface area contributed by atoms with Crippen molar-refractivity contribution in [3.8, 4) is 0 Å². The van der Waals surface area contributed by atoms with Crippen LogP contribution in [-0.2, 0) is 6.54 Å². The lowest BCUT2D eigenvalue weighted by atomic mass is 10.1. The number of hydrogen-bond acceptors (Lipinski definition) is 4. The molecule has 0 spiro atoms. The van der Waals surface area contributed by atoms with Crippen molar-refractivity contribution in [2.24, 2.45) is 0 Å². The molecular weight excluding hydrogens is 260 g/mol. The molecule has 0 aliphatic rings.